The lowest BCUT2D eigenvalue weighted by Gasteiger charge is -1.99. The monoisotopic (exact) mass is 235 g/mol. The normalized spacial score (nSPS) is 10.2. The minimum atomic E-state index is 0.459. The van der Waals surface area contributed by atoms with Crippen LogP contribution in [0.15, 0.2) is 28.7 Å². The van der Waals surface area contributed by atoms with E-state index < -0.39 is 0 Å². The highest BCUT2D eigenvalue weighted by atomic mass is 79.9. The summed E-state index contributed by atoms with van der Waals surface area (Å²) in [6.07, 6.45) is 4.28. The quantitative estimate of drug-likeness (QED) is 0.768. The van der Waals surface area contributed by atoms with Gasteiger partial charge >= 0.3 is 0 Å². The number of hydrogen-bond donors (Lipinski definition) is 0. The molecule has 2 heteroatoms. The molecule has 1 aromatic carbocycles. The fraction of sp³-hybridized carbons (Fsp3) is 0.182. The number of rotatable bonds is 2. The highest BCUT2D eigenvalue weighted by Gasteiger charge is 1.94. The van der Waals surface area contributed by atoms with Gasteiger partial charge in [-0.1, -0.05) is 45.8 Å². The molecule has 0 aliphatic heterocycles. The van der Waals surface area contributed by atoms with Crippen molar-refractivity contribution in [2.75, 3.05) is 0 Å². The molecule has 0 heterocycles. The molecule has 0 atom stereocenters. The molecule has 0 radical (unpaired) electrons. The number of hydrogen-bond acceptors (Lipinski definition) is 1. The highest BCUT2D eigenvalue weighted by Crippen LogP contribution is 2.19. The Morgan fingerprint density at radius 1 is 1.54 bits per heavy atom. The molecule has 0 saturated heterocycles. The third-order valence-corrected chi connectivity index (χ3v) is 2.38. The summed E-state index contributed by atoms with van der Waals surface area (Å²) in [5.74, 6) is 0. The van der Waals surface area contributed by atoms with Crippen LogP contribution in [0.3, 0.4) is 0 Å². The number of halogens is 1. The molecule has 0 fully saturated rings. The molecule has 0 amide bonds. The largest absolute Gasteiger partial charge is 0.198 e. The van der Waals surface area contributed by atoms with Crippen LogP contribution in [0, 0.1) is 18.3 Å². The maximum Gasteiger partial charge on any atom is 0.0663 e. The Labute approximate surface area is 86.8 Å². The first kappa shape index (κ1) is 10.0. The molecule has 1 nitrogen and oxygen atoms in total. The summed E-state index contributed by atoms with van der Waals surface area (Å²) in [7, 11) is 0. The molecule has 0 aliphatic carbocycles. The predicted molar refractivity (Wildman–Crippen MR) is 58.1 cm³/mol. The van der Waals surface area contributed by atoms with E-state index in [1.807, 2.05) is 31.2 Å². The van der Waals surface area contributed by atoms with Gasteiger partial charge in [-0.2, -0.15) is 5.26 Å². The van der Waals surface area contributed by atoms with Gasteiger partial charge in [0.2, 0.25) is 0 Å². The van der Waals surface area contributed by atoms with Gasteiger partial charge in [0, 0.05) is 4.47 Å². The van der Waals surface area contributed by atoms with E-state index in [1.165, 1.54) is 5.56 Å². The average molecular weight is 236 g/mol. The Bertz CT molecular complexity index is 361. The topological polar surface area (TPSA) is 23.8 Å². The van der Waals surface area contributed by atoms with Crippen LogP contribution in [-0.4, -0.2) is 0 Å². The third-order valence-electron chi connectivity index (χ3n) is 1.66. The molecule has 1 rings (SSSR count). The van der Waals surface area contributed by atoms with Crippen LogP contribution in [0.25, 0.3) is 6.08 Å². The molecule has 66 valence electrons. The first-order valence-electron chi connectivity index (χ1n) is 4.03. The number of benzene rings is 1. The molecule has 0 N–H and O–H groups in total. The van der Waals surface area contributed by atoms with E-state index >= 15 is 0 Å². The van der Waals surface area contributed by atoms with E-state index in [1.54, 1.807) is 0 Å². The first-order chi connectivity index (χ1) is 6.24. The highest BCUT2D eigenvalue weighted by molar-refractivity contribution is 9.10. The summed E-state index contributed by atoms with van der Waals surface area (Å²) in [6.45, 7) is 2.05. The van der Waals surface area contributed by atoms with Crippen molar-refractivity contribution in [3.8, 4) is 6.07 Å². The van der Waals surface area contributed by atoms with Crippen LogP contribution in [0.4, 0.5) is 0 Å². The zero-order valence-electron chi connectivity index (χ0n) is 7.42. The van der Waals surface area contributed by atoms with Crippen molar-refractivity contribution in [3.63, 3.8) is 0 Å². The molecule has 0 spiro atoms. The summed E-state index contributed by atoms with van der Waals surface area (Å²) in [5.41, 5.74) is 2.34. The van der Waals surface area contributed by atoms with Crippen molar-refractivity contribution in [3.05, 3.63) is 39.9 Å². The van der Waals surface area contributed by atoms with Crippen molar-refractivity contribution in [2.24, 2.45) is 0 Å². The van der Waals surface area contributed by atoms with Crippen molar-refractivity contribution in [1.82, 2.24) is 0 Å². The average Bonchev–Trinajstić information content (AvgIpc) is 2.11. The van der Waals surface area contributed by atoms with Gasteiger partial charge in [0.1, 0.15) is 0 Å². The Morgan fingerprint density at radius 3 is 3.00 bits per heavy atom. The molecule has 0 aromatic heterocycles. The van der Waals surface area contributed by atoms with Crippen LogP contribution in [0.1, 0.15) is 17.5 Å². The molecule has 0 unspecified atom stereocenters. The molecule has 13 heavy (non-hydrogen) atoms. The minimum absolute atomic E-state index is 0.459. The number of allylic oxidation sites excluding steroid dienone is 1. The fourth-order valence-electron chi connectivity index (χ4n) is 1.03. The zero-order chi connectivity index (χ0) is 9.68. The van der Waals surface area contributed by atoms with Gasteiger partial charge < -0.3 is 0 Å². The zero-order valence-corrected chi connectivity index (χ0v) is 9.01. The third kappa shape index (κ3) is 3.04. The Morgan fingerprint density at radius 2 is 2.31 bits per heavy atom. The minimum Gasteiger partial charge on any atom is -0.198 e. The summed E-state index contributed by atoms with van der Waals surface area (Å²) in [4.78, 5) is 0. The van der Waals surface area contributed by atoms with E-state index in [0.29, 0.717) is 6.42 Å². The standard InChI is InChI=1S/C11H10BrN/c1-9-5-6-11(12)10(8-9)4-2-3-7-13/h2,4-6,8H,3H2,1H3. The van der Waals surface area contributed by atoms with Crippen molar-refractivity contribution in [2.45, 2.75) is 13.3 Å². The van der Waals surface area contributed by atoms with Gasteiger partial charge in [0.15, 0.2) is 0 Å². The van der Waals surface area contributed by atoms with E-state index in [0.717, 1.165) is 10.0 Å². The van der Waals surface area contributed by atoms with Crippen LogP contribution < -0.4 is 0 Å². The maximum atomic E-state index is 8.36. The van der Waals surface area contributed by atoms with Crippen molar-refractivity contribution in [1.29, 1.82) is 5.26 Å². The Hall–Kier alpha value is -1.07. The lowest BCUT2D eigenvalue weighted by molar-refractivity contribution is 1.36. The summed E-state index contributed by atoms with van der Waals surface area (Å²) in [5, 5.41) is 8.36. The molecule has 0 aliphatic rings. The smallest absolute Gasteiger partial charge is 0.0663 e. The van der Waals surface area contributed by atoms with Gasteiger partial charge in [0.25, 0.3) is 0 Å². The van der Waals surface area contributed by atoms with Crippen molar-refractivity contribution < 1.29 is 0 Å². The summed E-state index contributed by atoms with van der Waals surface area (Å²) < 4.78 is 1.06. The number of nitrogens with zero attached hydrogens (tertiary/aromatic N) is 1. The summed E-state index contributed by atoms with van der Waals surface area (Å²) >= 11 is 3.45. The van der Waals surface area contributed by atoms with Crippen LogP contribution in [0.5, 0.6) is 0 Å². The lowest BCUT2D eigenvalue weighted by atomic mass is 10.1. The van der Waals surface area contributed by atoms with Gasteiger partial charge in [0.05, 0.1) is 12.5 Å². The molecule has 1 aromatic rings. The van der Waals surface area contributed by atoms with Gasteiger partial charge in [-0.3, -0.25) is 0 Å². The van der Waals surface area contributed by atoms with Crippen molar-refractivity contribution >= 4 is 22.0 Å². The van der Waals surface area contributed by atoms with Gasteiger partial charge in [-0.25, -0.2) is 0 Å². The lowest BCUT2D eigenvalue weighted by Crippen LogP contribution is -1.77. The van der Waals surface area contributed by atoms with E-state index in [2.05, 4.69) is 28.1 Å². The second-order valence-corrected chi connectivity index (χ2v) is 3.64. The SMILES string of the molecule is Cc1ccc(Br)c(C=CCC#N)c1. The first-order valence-corrected chi connectivity index (χ1v) is 4.83. The van der Waals surface area contributed by atoms with Crippen LogP contribution in [0.2, 0.25) is 0 Å². The molecule has 0 saturated carbocycles. The molecule has 0 bridgehead atoms. The molecular weight excluding hydrogens is 226 g/mol. The second kappa shape index (κ2) is 4.84. The predicted octanol–water partition coefficient (Wildman–Crippen LogP) is 3.68. The number of nitriles is 1. The van der Waals surface area contributed by atoms with Crippen LogP contribution in [-0.2, 0) is 0 Å². The maximum absolute atomic E-state index is 8.36. The Balaban J connectivity index is 2.88. The second-order valence-electron chi connectivity index (χ2n) is 2.79. The van der Waals surface area contributed by atoms with Crippen LogP contribution >= 0.6 is 15.9 Å². The number of aryl methyl sites for hydroxylation is 1. The van der Waals surface area contributed by atoms with Gasteiger partial charge in [-0.05, 0) is 18.6 Å². The molecular formula is C11H10BrN. The summed E-state index contributed by atoms with van der Waals surface area (Å²) in [6, 6.07) is 8.21. The van der Waals surface area contributed by atoms with Gasteiger partial charge in [-0.15, -0.1) is 0 Å². The van der Waals surface area contributed by atoms with E-state index in [9.17, 15) is 0 Å². The van der Waals surface area contributed by atoms with E-state index in [-0.39, 0.29) is 0 Å². The fourth-order valence-corrected chi connectivity index (χ4v) is 1.41. The van der Waals surface area contributed by atoms with E-state index in [4.69, 9.17) is 5.26 Å². The Kier molecular flexibility index (Phi) is 3.72.